The summed E-state index contributed by atoms with van der Waals surface area (Å²) in [5, 5.41) is 74.4. The molecule has 1 rings (SSSR count). The summed E-state index contributed by atoms with van der Waals surface area (Å²) in [5.74, 6) is -1.08. The maximum absolute atomic E-state index is 11.6. The van der Waals surface area contributed by atoms with E-state index in [0.717, 1.165) is 0 Å². The fraction of sp³-hybridized carbons (Fsp3) is 0.917. The Morgan fingerprint density at radius 3 is 2.17 bits per heavy atom. The van der Waals surface area contributed by atoms with Gasteiger partial charge in [-0.15, -0.1) is 0 Å². The van der Waals surface area contributed by atoms with Crippen LogP contribution < -0.4 is 0 Å². The van der Waals surface area contributed by atoms with Crippen molar-refractivity contribution in [3.05, 3.63) is 0 Å². The van der Waals surface area contributed by atoms with Gasteiger partial charge in [0.1, 0.15) is 49.3 Å². The molecular formula is C12H22O11. The number of ketones is 1. The van der Waals surface area contributed by atoms with Crippen molar-refractivity contribution >= 4 is 5.78 Å². The van der Waals surface area contributed by atoms with E-state index in [9.17, 15) is 30.3 Å². The lowest BCUT2D eigenvalue weighted by Crippen LogP contribution is -2.59. The van der Waals surface area contributed by atoms with Crippen LogP contribution in [0.1, 0.15) is 0 Å². The van der Waals surface area contributed by atoms with Crippen LogP contribution in [-0.2, 0) is 14.3 Å². The van der Waals surface area contributed by atoms with E-state index >= 15 is 0 Å². The fourth-order valence-corrected chi connectivity index (χ4v) is 1.96. The average molecular weight is 342 g/mol. The number of hydrogen-bond donors (Lipinski definition) is 8. The van der Waals surface area contributed by atoms with Crippen molar-refractivity contribution in [2.45, 2.75) is 49.0 Å². The van der Waals surface area contributed by atoms with Gasteiger partial charge in [-0.25, -0.2) is 0 Å². The fourth-order valence-electron chi connectivity index (χ4n) is 1.96. The number of rotatable bonds is 8. The Morgan fingerprint density at radius 1 is 1.04 bits per heavy atom. The summed E-state index contributed by atoms with van der Waals surface area (Å²) in [6.07, 6.45) is -13.5. The Balaban J connectivity index is 2.57. The van der Waals surface area contributed by atoms with E-state index in [2.05, 4.69) is 0 Å². The number of ether oxygens (including phenoxy) is 2. The Labute approximate surface area is 130 Å². The van der Waals surface area contributed by atoms with Crippen LogP contribution >= 0.6 is 0 Å². The van der Waals surface area contributed by atoms with Gasteiger partial charge in [-0.3, -0.25) is 4.79 Å². The highest BCUT2D eigenvalue weighted by molar-refractivity contribution is 5.84. The lowest BCUT2D eigenvalue weighted by molar-refractivity contribution is -0.299. The van der Waals surface area contributed by atoms with Gasteiger partial charge in [-0.2, -0.15) is 0 Å². The molecule has 0 bridgehead atoms. The van der Waals surface area contributed by atoms with Gasteiger partial charge in [-0.1, -0.05) is 0 Å². The lowest BCUT2D eigenvalue weighted by Gasteiger charge is -2.39. The first-order valence-electron chi connectivity index (χ1n) is 6.84. The van der Waals surface area contributed by atoms with Crippen molar-refractivity contribution < 1.29 is 55.1 Å². The second-order valence-corrected chi connectivity index (χ2v) is 5.16. The van der Waals surface area contributed by atoms with Crippen molar-refractivity contribution in [2.24, 2.45) is 0 Å². The van der Waals surface area contributed by atoms with Crippen LogP contribution in [0.25, 0.3) is 0 Å². The van der Waals surface area contributed by atoms with Gasteiger partial charge < -0.3 is 50.3 Å². The molecule has 1 aliphatic rings. The minimum absolute atomic E-state index is 0.678. The second kappa shape index (κ2) is 8.94. The molecule has 0 aromatic rings. The molecule has 1 saturated heterocycles. The maximum atomic E-state index is 11.6. The predicted molar refractivity (Wildman–Crippen MR) is 69.8 cm³/mol. The summed E-state index contributed by atoms with van der Waals surface area (Å²) in [6, 6.07) is 0. The second-order valence-electron chi connectivity index (χ2n) is 5.16. The Bertz CT molecular complexity index is 376. The van der Waals surface area contributed by atoms with E-state index in [1.165, 1.54) is 0 Å². The van der Waals surface area contributed by atoms with Crippen molar-refractivity contribution in [3.63, 3.8) is 0 Å². The zero-order valence-corrected chi connectivity index (χ0v) is 12.0. The van der Waals surface area contributed by atoms with Crippen molar-refractivity contribution in [3.8, 4) is 0 Å². The van der Waals surface area contributed by atoms with Crippen LogP contribution in [0.3, 0.4) is 0 Å². The third-order valence-electron chi connectivity index (χ3n) is 3.47. The average Bonchev–Trinajstić information content (AvgIpc) is 2.56. The molecule has 23 heavy (non-hydrogen) atoms. The number of carbonyl (C=O) groups is 1. The molecular weight excluding hydrogens is 320 g/mol. The highest BCUT2D eigenvalue weighted by atomic mass is 16.7. The molecule has 8 atom stereocenters. The first-order valence-corrected chi connectivity index (χ1v) is 6.84. The molecule has 1 heterocycles. The van der Waals surface area contributed by atoms with Crippen LogP contribution in [0.4, 0.5) is 0 Å². The van der Waals surface area contributed by atoms with Gasteiger partial charge in [-0.05, 0) is 0 Å². The number of hydrogen-bond acceptors (Lipinski definition) is 11. The molecule has 11 nitrogen and oxygen atoms in total. The van der Waals surface area contributed by atoms with Crippen LogP contribution in [0.15, 0.2) is 0 Å². The van der Waals surface area contributed by atoms with E-state index in [0.29, 0.717) is 0 Å². The number of aliphatic hydroxyl groups is 8. The molecule has 8 N–H and O–H groups in total. The summed E-state index contributed by atoms with van der Waals surface area (Å²) >= 11 is 0. The minimum atomic E-state index is -2.05. The summed E-state index contributed by atoms with van der Waals surface area (Å²) < 4.78 is 9.85. The molecule has 1 fully saturated rings. The van der Waals surface area contributed by atoms with Crippen LogP contribution in [0, 0.1) is 0 Å². The third-order valence-corrected chi connectivity index (χ3v) is 3.47. The van der Waals surface area contributed by atoms with E-state index in [1.54, 1.807) is 0 Å². The molecule has 0 aliphatic carbocycles. The molecule has 136 valence electrons. The van der Waals surface area contributed by atoms with E-state index < -0.39 is 74.6 Å². The SMILES string of the molecule is O=C(CO[C@@H]1O[C@H](CO)[C@H](O)[C@H](O)[C@H]1O)C(O)C(O)C(O)CO. The van der Waals surface area contributed by atoms with E-state index in [-0.39, 0.29) is 0 Å². The highest BCUT2D eigenvalue weighted by Gasteiger charge is 2.44. The third kappa shape index (κ3) is 4.87. The number of carbonyl (C=O) groups excluding carboxylic acids is 1. The molecule has 0 radical (unpaired) electrons. The first-order chi connectivity index (χ1) is 10.7. The molecule has 1 aliphatic heterocycles. The normalized spacial score (nSPS) is 35.6. The van der Waals surface area contributed by atoms with E-state index in [4.69, 9.17) is 24.8 Å². The molecule has 0 amide bonds. The van der Waals surface area contributed by atoms with Crippen molar-refractivity contribution in [1.82, 2.24) is 0 Å². The number of Topliss-reactive ketones (excluding diaryl/α,β-unsaturated/α-hetero) is 1. The highest BCUT2D eigenvalue weighted by Crippen LogP contribution is 2.22. The van der Waals surface area contributed by atoms with E-state index in [1.807, 2.05) is 0 Å². The van der Waals surface area contributed by atoms with Gasteiger partial charge in [0, 0.05) is 0 Å². The van der Waals surface area contributed by atoms with Crippen LogP contribution in [0.2, 0.25) is 0 Å². The molecule has 0 saturated carbocycles. The smallest absolute Gasteiger partial charge is 0.189 e. The van der Waals surface area contributed by atoms with Gasteiger partial charge in [0.25, 0.3) is 0 Å². The molecule has 0 spiro atoms. The topological polar surface area (TPSA) is 197 Å². The standard InChI is InChI=1S/C12H22O11/c13-1-4(15)7(17)8(18)5(16)3-22-12-11(21)10(20)9(19)6(2-14)23-12/h4,6-15,17-21H,1-3H2/t4?,6-,7?,8?,9+,10+,11-,12-/m1/s1. The van der Waals surface area contributed by atoms with Gasteiger partial charge in [0.15, 0.2) is 12.1 Å². The summed E-state index contributed by atoms with van der Waals surface area (Å²) in [4.78, 5) is 11.6. The first kappa shape index (κ1) is 20.3. The summed E-state index contributed by atoms with van der Waals surface area (Å²) in [5.41, 5.74) is 0. The van der Waals surface area contributed by atoms with Gasteiger partial charge in [0.2, 0.25) is 0 Å². The lowest BCUT2D eigenvalue weighted by atomic mass is 9.99. The zero-order chi connectivity index (χ0) is 17.7. The summed E-state index contributed by atoms with van der Waals surface area (Å²) in [7, 11) is 0. The van der Waals surface area contributed by atoms with Crippen LogP contribution in [-0.4, -0.2) is 115 Å². The van der Waals surface area contributed by atoms with Gasteiger partial charge >= 0.3 is 0 Å². The largest absolute Gasteiger partial charge is 0.394 e. The van der Waals surface area contributed by atoms with Gasteiger partial charge in [0.05, 0.1) is 13.2 Å². The molecule has 11 heteroatoms. The quantitative estimate of drug-likeness (QED) is 0.209. The number of aliphatic hydroxyl groups excluding tert-OH is 8. The molecule has 0 aromatic carbocycles. The van der Waals surface area contributed by atoms with Crippen molar-refractivity contribution in [2.75, 3.05) is 19.8 Å². The van der Waals surface area contributed by atoms with Crippen molar-refractivity contribution in [1.29, 1.82) is 0 Å². The Kier molecular flexibility index (Phi) is 7.89. The molecule has 0 aromatic heterocycles. The van der Waals surface area contributed by atoms with Crippen LogP contribution in [0.5, 0.6) is 0 Å². The Morgan fingerprint density at radius 2 is 1.65 bits per heavy atom. The maximum Gasteiger partial charge on any atom is 0.189 e. The monoisotopic (exact) mass is 342 g/mol. The predicted octanol–water partition coefficient (Wildman–Crippen LogP) is -5.55. The molecule has 3 unspecified atom stereocenters. The Hall–Kier alpha value is -0.730. The zero-order valence-electron chi connectivity index (χ0n) is 12.0. The summed E-state index contributed by atoms with van der Waals surface area (Å²) in [6.45, 7) is -2.42. The minimum Gasteiger partial charge on any atom is -0.394 e.